The van der Waals surface area contributed by atoms with E-state index in [1.165, 1.54) is 14.2 Å². The molecule has 6 heteroatoms. The zero-order valence-electron chi connectivity index (χ0n) is 12.8. The molecule has 0 aromatic carbocycles. The van der Waals surface area contributed by atoms with Crippen LogP contribution in [-0.2, 0) is 6.42 Å². The molecule has 2 heterocycles. The second-order valence-corrected chi connectivity index (χ2v) is 7.69. The van der Waals surface area contributed by atoms with Crippen LogP contribution in [-0.4, -0.2) is 9.78 Å². The molecule has 4 nitrogen and oxygen atoms in total. The molecule has 1 atom stereocenters. The quantitative estimate of drug-likeness (QED) is 0.569. The van der Waals surface area contributed by atoms with Gasteiger partial charge in [-0.25, -0.2) is 0 Å². The smallest absolute Gasteiger partial charge is 0.0731 e. The van der Waals surface area contributed by atoms with Crippen molar-refractivity contribution in [3.05, 3.63) is 38.3 Å². The summed E-state index contributed by atoms with van der Waals surface area (Å²) in [6.45, 7) is 6.50. The Morgan fingerprint density at radius 1 is 1.43 bits per heavy atom. The van der Waals surface area contributed by atoms with E-state index in [0.717, 1.165) is 25.0 Å². The van der Waals surface area contributed by atoms with Crippen LogP contribution in [0.2, 0.25) is 0 Å². The summed E-state index contributed by atoms with van der Waals surface area (Å²) in [6.07, 6.45) is 5.09. The van der Waals surface area contributed by atoms with E-state index in [4.69, 9.17) is 10.9 Å². The molecule has 3 N–H and O–H groups in total. The van der Waals surface area contributed by atoms with E-state index < -0.39 is 0 Å². The van der Waals surface area contributed by atoms with Crippen molar-refractivity contribution in [3.63, 3.8) is 0 Å². The molecule has 0 aliphatic carbocycles. The van der Waals surface area contributed by atoms with Gasteiger partial charge in [-0.15, -0.1) is 11.3 Å². The van der Waals surface area contributed by atoms with Crippen molar-refractivity contribution in [2.24, 2.45) is 5.84 Å². The monoisotopic (exact) mass is 370 g/mol. The molecule has 0 fully saturated rings. The topological polar surface area (TPSA) is 55.9 Å². The molecule has 0 radical (unpaired) electrons. The summed E-state index contributed by atoms with van der Waals surface area (Å²) in [4.78, 5) is 1.24. The number of halogens is 1. The van der Waals surface area contributed by atoms with Crippen LogP contribution < -0.4 is 11.3 Å². The van der Waals surface area contributed by atoms with Crippen molar-refractivity contribution in [1.82, 2.24) is 15.2 Å². The van der Waals surface area contributed by atoms with Gasteiger partial charge < -0.3 is 0 Å². The lowest BCUT2D eigenvalue weighted by Gasteiger charge is -2.14. The summed E-state index contributed by atoms with van der Waals surface area (Å²) in [5, 5.41) is 4.71. The summed E-state index contributed by atoms with van der Waals surface area (Å²) in [5.41, 5.74) is 5.24. The molecule has 1 unspecified atom stereocenters. The maximum atomic E-state index is 5.74. The Hall–Kier alpha value is -0.690. The third-order valence-corrected chi connectivity index (χ3v) is 6.06. The van der Waals surface area contributed by atoms with Gasteiger partial charge >= 0.3 is 0 Å². The lowest BCUT2D eigenvalue weighted by molar-refractivity contribution is 0.423. The molecule has 116 valence electrons. The van der Waals surface area contributed by atoms with Crippen molar-refractivity contribution in [2.75, 3.05) is 0 Å². The number of thiophene rings is 1. The lowest BCUT2D eigenvalue weighted by Crippen LogP contribution is -2.29. The number of hydrogen-bond donors (Lipinski definition) is 2. The van der Waals surface area contributed by atoms with Crippen LogP contribution in [0.4, 0.5) is 0 Å². The van der Waals surface area contributed by atoms with E-state index >= 15 is 0 Å². The molecule has 0 spiro atoms. The summed E-state index contributed by atoms with van der Waals surface area (Å²) in [5.74, 6) is 5.74. The summed E-state index contributed by atoms with van der Waals surface area (Å²) in [7, 11) is 0. The summed E-state index contributed by atoms with van der Waals surface area (Å²) < 4.78 is 3.25. The van der Waals surface area contributed by atoms with Crippen LogP contribution in [0.3, 0.4) is 0 Å². The second kappa shape index (κ2) is 7.54. The minimum absolute atomic E-state index is 0.102. The standard InChI is InChI=1S/C15H23BrN4S/c1-4-12(5-2)20-7-6-11(19-20)9-13(18-17)14-8-10(3)15(16)21-14/h6-8,12-13,18H,4-5,9,17H2,1-3H3. The van der Waals surface area contributed by atoms with Crippen molar-refractivity contribution in [1.29, 1.82) is 0 Å². The Bertz CT molecular complexity index is 554. The number of nitrogens with two attached hydrogens (primary N) is 1. The van der Waals surface area contributed by atoms with Gasteiger partial charge in [0.1, 0.15) is 0 Å². The molecular formula is C15H23BrN4S. The number of nitrogens with one attached hydrogen (secondary N) is 1. The number of aryl methyl sites for hydroxylation is 1. The maximum Gasteiger partial charge on any atom is 0.0731 e. The van der Waals surface area contributed by atoms with Crippen molar-refractivity contribution in [2.45, 2.75) is 52.1 Å². The van der Waals surface area contributed by atoms with Gasteiger partial charge in [-0.05, 0) is 53.4 Å². The van der Waals surface area contributed by atoms with Gasteiger partial charge in [-0.2, -0.15) is 5.10 Å². The SMILES string of the molecule is CCC(CC)n1ccc(CC(NN)c2cc(C)c(Br)s2)n1. The van der Waals surface area contributed by atoms with Crippen LogP contribution in [0.25, 0.3) is 0 Å². The first kappa shape index (κ1) is 16.7. The van der Waals surface area contributed by atoms with Gasteiger partial charge in [-0.3, -0.25) is 16.0 Å². The lowest BCUT2D eigenvalue weighted by atomic mass is 10.1. The molecule has 0 saturated heterocycles. The number of aromatic nitrogens is 2. The van der Waals surface area contributed by atoms with Crippen molar-refractivity contribution >= 4 is 27.3 Å². The normalized spacial score (nSPS) is 13.0. The average molecular weight is 371 g/mol. The summed E-state index contributed by atoms with van der Waals surface area (Å²) in [6, 6.07) is 4.86. The molecule has 0 aliphatic heterocycles. The highest BCUT2D eigenvalue weighted by molar-refractivity contribution is 9.11. The zero-order chi connectivity index (χ0) is 15.4. The maximum absolute atomic E-state index is 5.74. The van der Waals surface area contributed by atoms with Crippen LogP contribution in [0.1, 0.15) is 54.9 Å². The van der Waals surface area contributed by atoms with E-state index in [-0.39, 0.29) is 6.04 Å². The predicted molar refractivity (Wildman–Crippen MR) is 92.4 cm³/mol. The third kappa shape index (κ3) is 3.94. The van der Waals surface area contributed by atoms with Crippen molar-refractivity contribution in [3.8, 4) is 0 Å². The molecule has 21 heavy (non-hydrogen) atoms. The van der Waals surface area contributed by atoms with E-state index in [2.05, 4.69) is 65.1 Å². The minimum Gasteiger partial charge on any atom is -0.271 e. The van der Waals surface area contributed by atoms with Crippen LogP contribution in [0, 0.1) is 6.92 Å². The molecular weight excluding hydrogens is 348 g/mol. The fourth-order valence-corrected chi connectivity index (χ4v) is 4.09. The zero-order valence-corrected chi connectivity index (χ0v) is 15.2. The number of rotatable bonds is 7. The molecule has 0 amide bonds. The molecule has 2 aromatic rings. The van der Waals surface area contributed by atoms with Gasteiger partial charge in [0.25, 0.3) is 0 Å². The van der Waals surface area contributed by atoms with Gasteiger partial charge in [-0.1, -0.05) is 13.8 Å². The highest BCUT2D eigenvalue weighted by atomic mass is 79.9. The molecule has 0 aliphatic rings. The van der Waals surface area contributed by atoms with Gasteiger partial charge in [0.05, 0.1) is 21.6 Å². The first-order valence-electron chi connectivity index (χ1n) is 7.35. The summed E-state index contributed by atoms with van der Waals surface area (Å²) >= 11 is 5.30. The Balaban J connectivity index is 2.12. The number of nitrogens with zero attached hydrogens (tertiary/aromatic N) is 2. The molecule has 0 saturated carbocycles. The van der Waals surface area contributed by atoms with Crippen LogP contribution >= 0.6 is 27.3 Å². The Labute approximate surface area is 138 Å². The highest BCUT2D eigenvalue weighted by Gasteiger charge is 2.17. The highest BCUT2D eigenvalue weighted by Crippen LogP contribution is 2.32. The predicted octanol–water partition coefficient (Wildman–Crippen LogP) is 4.12. The van der Waals surface area contributed by atoms with E-state index in [0.29, 0.717) is 6.04 Å². The fourth-order valence-electron chi connectivity index (χ4n) is 2.46. The van der Waals surface area contributed by atoms with Crippen LogP contribution in [0.15, 0.2) is 22.1 Å². The molecule has 2 rings (SSSR count). The first-order chi connectivity index (χ1) is 10.1. The van der Waals surface area contributed by atoms with Gasteiger partial charge in [0.15, 0.2) is 0 Å². The Morgan fingerprint density at radius 3 is 2.67 bits per heavy atom. The molecule has 0 bridgehead atoms. The van der Waals surface area contributed by atoms with E-state index in [9.17, 15) is 0 Å². The number of hydrogen-bond acceptors (Lipinski definition) is 4. The van der Waals surface area contributed by atoms with E-state index in [1.54, 1.807) is 11.3 Å². The molecule has 2 aromatic heterocycles. The van der Waals surface area contributed by atoms with E-state index in [1.807, 2.05) is 0 Å². The fraction of sp³-hybridized carbons (Fsp3) is 0.533. The Kier molecular flexibility index (Phi) is 5.98. The Morgan fingerprint density at radius 2 is 2.14 bits per heavy atom. The number of hydrazine groups is 1. The van der Waals surface area contributed by atoms with Gasteiger partial charge in [0.2, 0.25) is 0 Å². The minimum atomic E-state index is 0.102. The second-order valence-electron chi connectivity index (χ2n) is 5.29. The largest absolute Gasteiger partial charge is 0.271 e. The van der Waals surface area contributed by atoms with Crippen LogP contribution in [0.5, 0.6) is 0 Å². The van der Waals surface area contributed by atoms with Crippen molar-refractivity contribution < 1.29 is 0 Å². The average Bonchev–Trinajstić information content (AvgIpc) is 3.06. The van der Waals surface area contributed by atoms with Gasteiger partial charge in [0, 0.05) is 17.5 Å². The first-order valence-corrected chi connectivity index (χ1v) is 8.95. The third-order valence-electron chi connectivity index (χ3n) is 3.81.